The van der Waals surface area contributed by atoms with Gasteiger partial charge in [-0.15, -0.1) is 0 Å². The summed E-state index contributed by atoms with van der Waals surface area (Å²) in [5.41, 5.74) is -2.64. The largest absolute Gasteiger partial charge is 0.440 e. The Kier molecular flexibility index (Phi) is 5.86. The predicted octanol–water partition coefficient (Wildman–Crippen LogP) is 3.79. The Bertz CT molecular complexity index is 788. The van der Waals surface area contributed by atoms with Crippen LogP contribution in [0.15, 0.2) is 24.3 Å². The number of carbonyl (C=O) groups is 3. The van der Waals surface area contributed by atoms with Crippen LogP contribution < -0.4 is 15.5 Å². The molecular weight excluding hydrogens is 387 g/mol. The van der Waals surface area contributed by atoms with E-state index in [9.17, 15) is 27.6 Å². The lowest BCUT2D eigenvalue weighted by atomic mass is 9.86. The topological polar surface area (TPSA) is 78.5 Å². The number of imide groups is 1. The van der Waals surface area contributed by atoms with Crippen molar-refractivity contribution < 1.29 is 27.6 Å². The molecule has 0 radical (unpaired) electrons. The maximum Gasteiger partial charge on any atom is 0.440 e. The molecule has 3 rings (SSSR count). The number of aryl methyl sites for hydroxylation is 1. The number of hydrogen-bond acceptors (Lipinski definition) is 3. The summed E-state index contributed by atoms with van der Waals surface area (Å²) in [6.07, 6.45) is 0.287. The number of benzene rings is 1. The molecule has 2 fully saturated rings. The van der Waals surface area contributed by atoms with Gasteiger partial charge in [-0.2, -0.15) is 13.2 Å². The molecule has 158 valence electrons. The van der Waals surface area contributed by atoms with Crippen LogP contribution in [-0.2, 0) is 9.59 Å². The van der Waals surface area contributed by atoms with E-state index in [1.54, 1.807) is 29.7 Å². The molecule has 1 aliphatic carbocycles. The summed E-state index contributed by atoms with van der Waals surface area (Å²) in [5.74, 6) is -2.17. The molecule has 9 heteroatoms. The Morgan fingerprint density at radius 1 is 1.17 bits per heavy atom. The zero-order valence-electron chi connectivity index (χ0n) is 16.1. The number of urea groups is 1. The highest BCUT2D eigenvalue weighted by Gasteiger charge is 2.69. The number of carbonyl (C=O) groups excluding carboxylic acids is 3. The van der Waals surface area contributed by atoms with Gasteiger partial charge < -0.3 is 5.32 Å². The summed E-state index contributed by atoms with van der Waals surface area (Å²) in [7, 11) is 0. The molecule has 0 bridgehead atoms. The van der Waals surface area contributed by atoms with Gasteiger partial charge in [0.2, 0.25) is 5.91 Å². The average Bonchev–Trinajstić information content (AvgIpc) is 2.92. The highest BCUT2D eigenvalue weighted by atomic mass is 19.4. The van der Waals surface area contributed by atoms with E-state index in [0.29, 0.717) is 17.2 Å². The normalized spacial score (nSPS) is 23.2. The lowest BCUT2D eigenvalue weighted by Gasteiger charge is -2.30. The second-order valence-corrected chi connectivity index (χ2v) is 7.74. The molecular formula is C20H24F3N3O3. The molecule has 2 N–H and O–H groups in total. The molecule has 6 nitrogen and oxygen atoms in total. The van der Waals surface area contributed by atoms with Crippen molar-refractivity contribution in [1.82, 2.24) is 10.6 Å². The van der Waals surface area contributed by atoms with E-state index in [-0.39, 0.29) is 12.1 Å². The van der Waals surface area contributed by atoms with E-state index in [2.05, 4.69) is 0 Å². The van der Waals surface area contributed by atoms with E-state index in [4.69, 9.17) is 0 Å². The Hall–Kier alpha value is -2.58. The first kappa shape index (κ1) is 21.1. The van der Waals surface area contributed by atoms with Crippen molar-refractivity contribution in [2.75, 3.05) is 4.90 Å². The summed E-state index contributed by atoms with van der Waals surface area (Å²) in [6, 6.07) is 4.68. The minimum absolute atomic E-state index is 0.000629. The first-order valence-corrected chi connectivity index (χ1v) is 9.75. The lowest BCUT2D eigenvalue weighted by Crippen LogP contribution is -2.69. The summed E-state index contributed by atoms with van der Waals surface area (Å²) in [6.45, 7) is 1.77. The van der Waals surface area contributed by atoms with Crippen molar-refractivity contribution in [3.05, 3.63) is 29.8 Å². The zero-order valence-corrected chi connectivity index (χ0v) is 16.1. The number of nitrogens with zero attached hydrogens (tertiary/aromatic N) is 1. The number of halogens is 3. The molecule has 1 aliphatic heterocycles. The fourth-order valence-electron chi connectivity index (χ4n) is 3.89. The van der Waals surface area contributed by atoms with Crippen LogP contribution in [0.1, 0.15) is 50.5 Å². The molecule has 2 aliphatic rings. The third-order valence-corrected chi connectivity index (χ3v) is 5.57. The molecule has 29 heavy (non-hydrogen) atoms. The molecule has 0 aromatic heterocycles. The maximum atomic E-state index is 13.9. The molecule has 4 amide bonds. The highest BCUT2D eigenvalue weighted by Crippen LogP contribution is 2.36. The third-order valence-electron chi connectivity index (χ3n) is 5.57. The summed E-state index contributed by atoms with van der Waals surface area (Å²) in [5, 5.41) is 3.45. The number of anilines is 1. The Morgan fingerprint density at radius 2 is 1.79 bits per heavy atom. The molecule has 1 saturated heterocycles. The van der Waals surface area contributed by atoms with Crippen LogP contribution in [0.2, 0.25) is 0 Å². The molecule has 1 heterocycles. The standard InChI is InChI=1S/C20H24F3N3O3/c1-13-7-10-15(11-8-13)26-17(28)19(20(21,22)23,25-18(26)29)24-16(27)12-9-14-5-3-2-4-6-14/h7-8,10-11,14H,2-6,9,12H2,1H3,(H,24,27)(H,25,29)/t19-/m1/s1. The van der Waals surface area contributed by atoms with Crippen LogP contribution in [0.25, 0.3) is 0 Å². The second kappa shape index (κ2) is 8.04. The van der Waals surface area contributed by atoms with E-state index >= 15 is 0 Å². The predicted molar refractivity (Wildman–Crippen MR) is 99.9 cm³/mol. The Balaban J connectivity index is 1.78. The van der Waals surface area contributed by atoms with Crippen LogP contribution in [0.3, 0.4) is 0 Å². The van der Waals surface area contributed by atoms with Crippen LogP contribution in [0, 0.1) is 12.8 Å². The molecule has 1 saturated carbocycles. The van der Waals surface area contributed by atoms with Gasteiger partial charge in [0, 0.05) is 6.42 Å². The molecule has 1 aromatic rings. The fourth-order valence-corrected chi connectivity index (χ4v) is 3.89. The van der Waals surface area contributed by atoms with Crippen molar-refractivity contribution in [3.63, 3.8) is 0 Å². The van der Waals surface area contributed by atoms with Crippen molar-refractivity contribution in [2.45, 2.75) is 63.7 Å². The molecule has 1 aromatic carbocycles. The van der Waals surface area contributed by atoms with Crippen LogP contribution >= 0.6 is 0 Å². The second-order valence-electron chi connectivity index (χ2n) is 7.74. The van der Waals surface area contributed by atoms with Gasteiger partial charge in [0.1, 0.15) is 0 Å². The van der Waals surface area contributed by atoms with Crippen molar-refractivity contribution in [2.24, 2.45) is 5.92 Å². The van der Waals surface area contributed by atoms with E-state index in [0.717, 1.165) is 37.7 Å². The van der Waals surface area contributed by atoms with E-state index in [1.165, 1.54) is 12.1 Å². The van der Waals surface area contributed by atoms with Crippen molar-refractivity contribution in [3.8, 4) is 0 Å². The summed E-state index contributed by atoms with van der Waals surface area (Å²) < 4.78 is 41.6. The van der Waals surface area contributed by atoms with Crippen LogP contribution in [0.5, 0.6) is 0 Å². The molecule has 0 unspecified atom stereocenters. The van der Waals surface area contributed by atoms with Gasteiger partial charge in [-0.3, -0.25) is 14.9 Å². The summed E-state index contributed by atoms with van der Waals surface area (Å²) >= 11 is 0. The van der Waals surface area contributed by atoms with Gasteiger partial charge in [-0.05, 0) is 31.4 Å². The van der Waals surface area contributed by atoms with Gasteiger partial charge in [-0.1, -0.05) is 49.8 Å². The van der Waals surface area contributed by atoms with E-state index < -0.39 is 29.7 Å². The fraction of sp³-hybridized carbons (Fsp3) is 0.550. The minimum Gasteiger partial charge on any atom is -0.318 e. The molecule has 0 spiro atoms. The van der Waals surface area contributed by atoms with Gasteiger partial charge in [-0.25, -0.2) is 9.69 Å². The van der Waals surface area contributed by atoms with Crippen molar-refractivity contribution >= 4 is 23.5 Å². The highest BCUT2D eigenvalue weighted by molar-refractivity contribution is 6.24. The number of hydrogen-bond donors (Lipinski definition) is 2. The monoisotopic (exact) mass is 411 g/mol. The van der Waals surface area contributed by atoms with Gasteiger partial charge >= 0.3 is 12.2 Å². The summed E-state index contributed by atoms with van der Waals surface area (Å²) in [4.78, 5) is 37.7. The smallest absolute Gasteiger partial charge is 0.318 e. The van der Waals surface area contributed by atoms with E-state index in [1.807, 2.05) is 0 Å². The zero-order chi connectivity index (χ0) is 21.2. The van der Waals surface area contributed by atoms with Gasteiger partial charge in [0.05, 0.1) is 5.69 Å². The number of rotatable bonds is 5. The number of alkyl halides is 3. The Morgan fingerprint density at radius 3 is 2.38 bits per heavy atom. The van der Waals surface area contributed by atoms with Gasteiger partial charge in [0.15, 0.2) is 0 Å². The van der Waals surface area contributed by atoms with Crippen LogP contribution in [0.4, 0.5) is 23.7 Å². The first-order valence-electron chi connectivity index (χ1n) is 9.75. The van der Waals surface area contributed by atoms with Crippen LogP contribution in [-0.4, -0.2) is 29.7 Å². The number of nitrogens with one attached hydrogen (secondary N) is 2. The quantitative estimate of drug-likeness (QED) is 0.724. The first-order chi connectivity index (χ1) is 13.6. The maximum absolute atomic E-state index is 13.9. The lowest BCUT2D eigenvalue weighted by molar-refractivity contribution is -0.201. The minimum atomic E-state index is -5.19. The average molecular weight is 411 g/mol. The van der Waals surface area contributed by atoms with Crippen molar-refractivity contribution in [1.29, 1.82) is 0 Å². The van der Waals surface area contributed by atoms with Gasteiger partial charge in [0.25, 0.3) is 11.6 Å². The number of amides is 4. The SMILES string of the molecule is Cc1ccc(N2C(=O)N[C@@](NC(=O)CCC3CCCCC3)(C(F)(F)F)C2=O)cc1. The third kappa shape index (κ3) is 4.23. The Labute approximate surface area is 166 Å². The molecule has 1 atom stereocenters.